The first-order chi connectivity index (χ1) is 12.0. The maximum atomic E-state index is 13.3. The lowest BCUT2D eigenvalue weighted by Crippen LogP contribution is -2.44. The Morgan fingerprint density at radius 2 is 1.96 bits per heavy atom. The van der Waals surface area contributed by atoms with Crippen molar-refractivity contribution in [3.63, 3.8) is 0 Å². The Labute approximate surface area is 150 Å². The second-order valence-electron chi connectivity index (χ2n) is 7.96. The van der Waals surface area contributed by atoms with Gasteiger partial charge in [0.1, 0.15) is 11.4 Å². The average Bonchev–Trinajstić information content (AvgIpc) is 3.03. The number of primary amides is 1. The van der Waals surface area contributed by atoms with E-state index in [0.717, 1.165) is 12.1 Å². The maximum absolute atomic E-state index is 13.3. The molecule has 3 fully saturated rings. The first kappa shape index (κ1) is 18.2. The van der Waals surface area contributed by atoms with Gasteiger partial charge in [-0.15, -0.1) is 0 Å². The maximum Gasteiger partial charge on any atom is 0.410 e. The van der Waals surface area contributed by atoms with Crippen molar-refractivity contribution in [1.82, 2.24) is 4.90 Å². The molecule has 7 nitrogen and oxygen atoms in total. The van der Waals surface area contributed by atoms with Gasteiger partial charge in [0.25, 0.3) is 5.91 Å². The number of nitrogens with two attached hydrogens (primary N) is 1. The molecule has 0 atom stereocenters. The lowest BCUT2D eigenvalue weighted by atomic mass is 9.69. The molecular formula is C18H22FN3O4. The molecule has 4 rings (SSSR count). The molecule has 8 heteroatoms. The molecule has 3 N–H and O–H groups in total. The smallest absolute Gasteiger partial charge is 0.410 e. The highest BCUT2D eigenvalue weighted by atomic mass is 19.1. The van der Waals surface area contributed by atoms with Crippen molar-refractivity contribution < 1.29 is 23.5 Å². The second kappa shape index (κ2) is 5.96. The fourth-order valence-electron chi connectivity index (χ4n) is 3.52. The number of rotatable bonds is 3. The van der Waals surface area contributed by atoms with E-state index in [1.54, 1.807) is 25.7 Å². The number of ether oxygens (including phenoxy) is 1. The Kier molecular flexibility index (Phi) is 4.17. The third kappa shape index (κ3) is 3.23. The molecule has 2 heterocycles. The van der Waals surface area contributed by atoms with E-state index >= 15 is 0 Å². The van der Waals surface area contributed by atoms with E-state index in [9.17, 15) is 18.8 Å². The Morgan fingerprint density at radius 3 is 2.54 bits per heavy atom. The summed E-state index contributed by atoms with van der Waals surface area (Å²) in [5.74, 6) is -1.75. The summed E-state index contributed by atoms with van der Waals surface area (Å²) in [6.45, 7) is 5.61. The highest BCUT2D eigenvalue weighted by Gasteiger charge is 2.61. The van der Waals surface area contributed by atoms with Crippen LogP contribution in [0.25, 0.3) is 0 Å². The van der Waals surface area contributed by atoms with Gasteiger partial charge in [0.2, 0.25) is 5.91 Å². The van der Waals surface area contributed by atoms with Gasteiger partial charge in [-0.3, -0.25) is 9.59 Å². The standard InChI is InChI=1S/C18H22FN3O4/c1-17(2,3)26-16(25)22-9-18(7-11(22)8-18)15(24)21-13-5-4-10(19)6-12(13)14(20)23/h4-6,11H,7-9H2,1-3H3,(H2,20,23)(H,21,24). The van der Waals surface area contributed by atoms with Gasteiger partial charge in [-0.1, -0.05) is 0 Å². The molecule has 3 aliphatic rings. The number of anilines is 1. The van der Waals surface area contributed by atoms with Gasteiger partial charge in [-0.05, 0) is 51.8 Å². The molecule has 1 saturated carbocycles. The number of fused-ring (bicyclic) bond motifs is 1. The number of halogens is 1. The molecule has 0 radical (unpaired) electrons. The third-order valence-corrected chi connectivity index (χ3v) is 4.77. The van der Waals surface area contributed by atoms with Crippen molar-refractivity contribution in [3.8, 4) is 0 Å². The summed E-state index contributed by atoms with van der Waals surface area (Å²) in [5, 5.41) is 2.66. The molecule has 1 aromatic rings. The van der Waals surface area contributed by atoms with E-state index in [-0.39, 0.29) is 29.7 Å². The van der Waals surface area contributed by atoms with E-state index < -0.39 is 28.8 Å². The largest absolute Gasteiger partial charge is 0.444 e. The van der Waals surface area contributed by atoms with Crippen molar-refractivity contribution in [2.24, 2.45) is 11.1 Å². The minimum absolute atomic E-state index is 0.0283. The van der Waals surface area contributed by atoms with Gasteiger partial charge >= 0.3 is 6.09 Å². The third-order valence-electron chi connectivity index (χ3n) is 4.77. The van der Waals surface area contributed by atoms with Crippen LogP contribution in [-0.4, -0.2) is 41.0 Å². The molecule has 26 heavy (non-hydrogen) atoms. The van der Waals surface area contributed by atoms with Crippen molar-refractivity contribution in [2.45, 2.75) is 45.3 Å². The minimum atomic E-state index is -0.828. The van der Waals surface area contributed by atoms with Crippen LogP contribution in [0.2, 0.25) is 0 Å². The molecule has 140 valence electrons. The summed E-state index contributed by atoms with van der Waals surface area (Å²) >= 11 is 0. The summed E-state index contributed by atoms with van der Waals surface area (Å²) in [6, 6.07) is 3.41. The molecule has 1 aromatic carbocycles. The lowest BCUT2D eigenvalue weighted by molar-refractivity contribution is -0.127. The van der Waals surface area contributed by atoms with Crippen LogP contribution in [0.4, 0.5) is 14.9 Å². The monoisotopic (exact) mass is 363 g/mol. The number of hydrogen-bond acceptors (Lipinski definition) is 4. The highest BCUT2D eigenvalue weighted by molar-refractivity contribution is 6.05. The van der Waals surface area contributed by atoms with Gasteiger partial charge in [0.15, 0.2) is 0 Å². The predicted molar refractivity (Wildman–Crippen MR) is 91.9 cm³/mol. The Bertz CT molecular complexity index is 781. The molecule has 0 aromatic heterocycles. The van der Waals surface area contributed by atoms with E-state index in [2.05, 4.69) is 5.32 Å². The second-order valence-corrected chi connectivity index (χ2v) is 7.96. The zero-order valence-corrected chi connectivity index (χ0v) is 15.0. The van der Waals surface area contributed by atoms with Gasteiger partial charge in [0, 0.05) is 12.6 Å². The number of nitrogens with one attached hydrogen (secondary N) is 1. The van der Waals surface area contributed by atoms with Crippen molar-refractivity contribution >= 4 is 23.6 Å². The normalized spacial score (nSPS) is 24.0. The number of carbonyl (C=O) groups excluding carboxylic acids is 3. The minimum Gasteiger partial charge on any atom is -0.444 e. The SMILES string of the molecule is CC(C)(C)OC(=O)N1CC2(C(=O)Nc3ccc(F)cc3C(N)=O)CC1C2. The van der Waals surface area contributed by atoms with E-state index in [4.69, 9.17) is 10.5 Å². The van der Waals surface area contributed by atoms with Crippen LogP contribution >= 0.6 is 0 Å². The zero-order valence-electron chi connectivity index (χ0n) is 15.0. The number of benzene rings is 1. The molecule has 0 spiro atoms. The van der Waals surface area contributed by atoms with Crippen molar-refractivity contribution in [1.29, 1.82) is 0 Å². The zero-order chi connectivity index (χ0) is 19.3. The molecule has 0 unspecified atom stereocenters. The van der Waals surface area contributed by atoms with Crippen LogP contribution in [0.3, 0.4) is 0 Å². The molecule has 2 saturated heterocycles. The van der Waals surface area contributed by atoms with E-state index in [1.165, 1.54) is 6.07 Å². The average molecular weight is 363 g/mol. The Hall–Kier alpha value is -2.64. The summed E-state index contributed by atoms with van der Waals surface area (Å²) < 4.78 is 18.7. The summed E-state index contributed by atoms with van der Waals surface area (Å²) in [5.41, 5.74) is 4.00. The summed E-state index contributed by atoms with van der Waals surface area (Å²) in [7, 11) is 0. The van der Waals surface area contributed by atoms with Gasteiger partial charge in [0.05, 0.1) is 16.7 Å². The van der Waals surface area contributed by atoms with Crippen LogP contribution in [0.15, 0.2) is 18.2 Å². The highest BCUT2D eigenvalue weighted by Crippen LogP contribution is 2.52. The molecule has 1 aliphatic carbocycles. The molecule has 2 aliphatic heterocycles. The summed E-state index contributed by atoms with van der Waals surface area (Å²) in [6.07, 6.45) is 0.630. The summed E-state index contributed by atoms with van der Waals surface area (Å²) in [4.78, 5) is 38.1. The number of nitrogens with zero attached hydrogens (tertiary/aromatic N) is 1. The van der Waals surface area contributed by atoms with Gasteiger partial charge in [-0.25, -0.2) is 9.18 Å². The molecular weight excluding hydrogens is 341 g/mol. The van der Waals surface area contributed by atoms with Crippen LogP contribution in [0.5, 0.6) is 0 Å². The topological polar surface area (TPSA) is 102 Å². The fourth-order valence-corrected chi connectivity index (χ4v) is 3.52. The number of carbonyl (C=O) groups is 3. The van der Waals surface area contributed by atoms with E-state index in [0.29, 0.717) is 12.8 Å². The Morgan fingerprint density at radius 1 is 1.31 bits per heavy atom. The van der Waals surface area contributed by atoms with Crippen LogP contribution in [0.1, 0.15) is 44.0 Å². The van der Waals surface area contributed by atoms with Crippen LogP contribution < -0.4 is 11.1 Å². The Balaban J connectivity index is 1.71. The number of hydrogen-bond donors (Lipinski definition) is 2. The van der Waals surface area contributed by atoms with Gasteiger partial charge < -0.3 is 20.7 Å². The van der Waals surface area contributed by atoms with Crippen LogP contribution in [0, 0.1) is 11.2 Å². The quantitative estimate of drug-likeness (QED) is 0.860. The first-order valence-corrected chi connectivity index (χ1v) is 8.41. The van der Waals surface area contributed by atoms with E-state index in [1.807, 2.05) is 0 Å². The van der Waals surface area contributed by atoms with Crippen molar-refractivity contribution in [2.75, 3.05) is 11.9 Å². The molecule has 2 bridgehead atoms. The number of amides is 3. The lowest BCUT2D eigenvalue weighted by Gasteiger charge is -2.35. The first-order valence-electron chi connectivity index (χ1n) is 8.41. The molecule has 3 amide bonds. The van der Waals surface area contributed by atoms with Crippen molar-refractivity contribution in [3.05, 3.63) is 29.6 Å². The fraction of sp³-hybridized carbons (Fsp3) is 0.500. The predicted octanol–water partition coefficient (Wildman–Crippen LogP) is 2.26. The van der Waals surface area contributed by atoms with Gasteiger partial charge in [-0.2, -0.15) is 0 Å². The van der Waals surface area contributed by atoms with Crippen LogP contribution in [-0.2, 0) is 9.53 Å².